The molecule has 1 fully saturated rings. The summed E-state index contributed by atoms with van der Waals surface area (Å²) < 4.78 is 16.8. The summed E-state index contributed by atoms with van der Waals surface area (Å²) in [6, 6.07) is 14.2. The van der Waals surface area contributed by atoms with Crippen LogP contribution in [0, 0.1) is 10.1 Å². The van der Waals surface area contributed by atoms with Gasteiger partial charge in [-0.3, -0.25) is 10.1 Å². The number of amides is 1. The zero-order chi connectivity index (χ0) is 23.8. The van der Waals surface area contributed by atoms with E-state index in [1.54, 1.807) is 6.92 Å². The minimum absolute atomic E-state index is 0.0417. The van der Waals surface area contributed by atoms with Gasteiger partial charge in [0, 0.05) is 23.4 Å². The number of carbonyl (C=O) groups is 2. The van der Waals surface area contributed by atoms with Gasteiger partial charge in [-0.2, -0.15) is 0 Å². The van der Waals surface area contributed by atoms with Crippen LogP contribution in [0.5, 0.6) is 0 Å². The third-order valence-corrected chi connectivity index (χ3v) is 5.99. The van der Waals surface area contributed by atoms with Gasteiger partial charge in [0.2, 0.25) is 0 Å². The van der Waals surface area contributed by atoms with E-state index >= 15 is 0 Å². The van der Waals surface area contributed by atoms with Crippen molar-refractivity contribution in [1.29, 1.82) is 0 Å². The lowest BCUT2D eigenvalue weighted by Crippen LogP contribution is -2.56. The Hall–Kier alpha value is -3.37. The SMILES string of the molecule is C=CCOC(=O)N[C@H]1C[C@H](Sc2ccccc2)O[C@@H](C)[C@H]1OC(=O)c1ccc([N+](=O)[O-])cc1. The largest absolute Gasteiger partial charge is 0.454 e. The van der Waals surface area contributed by atoms with E-state index in [4.69, 9.17) is 14.2 Å². The fourth-order valence-electron chi connectivity index (χ4n) is 3.33. The third kappa shape index (κ3) is 6.80. The summed E-state index contributed by atoms with van der Waals surface area (Å²) in [6.07, 6.45) is -0.172. The van der Waals surface area contributed by atoms with E-state index in [2.05, 4.69) is 11.9 Å². The average Bonchev–Trinajstić information content (AvgIpc) is 2.80. The highest BCUT2D eigenvalue weighted by Gasteiger charge is 2.40. The second-order valence-corrected chi connectivity index (χ2v) is 8.48. The minimum Gasteiger partial charge on any atom is -0.454 e. The average molecular weight is 473 g/mol. The molecule has 0 spiro atoms. The Morgan fingerprint density at radius 3 is 2.58 bits per heavy atom. The fraction of sp³-hybridized carbons (Fsp3) is 0.304. The molecule has 0 aromatic heterocycles. The molecule has 1 heterocycles. The highest BCUT2D eigenvalue weighted by atomic mass is 32.2. The number of rotatable bonds is 8. The molecule has 1 amide bonds. The maximum absolute atomic E-state index is 12.7. The molecule has 2 aromatic rings. The number of hydrogen-bond donors (Lipinski definition) is 1. The van der Waals surface area contributed by atoms with Gasteiger partial charge >= 0.3 is 12.1 Å². The molecule has 1 aliphatic rings. The summed E-state index contributed by atoms with van der Waals surface area (Å²) in [5, 5.41) is 13.6. The lowest BCUT2D eigenvalue weighted by Gasteiger charge is -2.39. The Kier molecular flexibility index (Phi) is 8.45. The zero-order valence-corrected chi connectivity index (χ0v) is 18.7. The summed E-state index contributed by atoms with van der Waals surface area (Å²) in [5.74, 6) is -0.675. The maximum atomic E-state index is 12.7. The van der Waals surface area contributed by atoms with Crippen LogP contribution < -0.4 is 5.32 Å². The zero-order valence-electron chi connectivity index (χ0n) is 17.9. The molecule has 33 heavy (non-hydrogen) atoms. The molecule has 1 N–H and O–H groups in total. The molecule has 10 heteroatoms. The number of esters is 1. The van der Waals surface area contributed by atoms with Crippen molar-refractivity contribution in [3.63, 3.8) is 0 Å². The number of nitro groups is 1. The van der Waals surface area contributed by atoms with Gasteiger partial charge in [0.25, 0.3) is 5.69 Å². The highest BCUT2D eigenvalue weighted by molar-refractivity contribution is 7.99. The first kappa shape index (κ1) is 24.3. The molecule has 4 atom stereocenters. The van der Waals surface area contributed by atoms with Crippen molar-refractivity contribution < 1.29 is 28.7 Å². The van der Waals surface area contributed by atoms with Crippen molar-refractivity contribution in [2.75, 3.05) is 6.61 Å². The molecular formula is C23H24N2O7S. The Morgan fingerprint density at radius 1 is 1.24 bits per heavy atom. The van der Waals surface area contributed by atoms with Crippen molar-refractivity contribution in [3.8, 4) is 0 Å². The van der Waals surface area contributed by atoms with Crippen LogP contribution in [0.1, 0.15) is 23.7 Å². The number of nitro benzene ring substituents is 1. The van der Waals surface area contributed by atoms with E-state index in [1.165, 1.54) is 42.1 Å². The van der Waals surface area contributed by atoms with Crippen LogP contribution in [-0.4, -0.2) is 47.3 Å². The van der Waals surface area contributed by atoms with E-state index in [9.17, 15) is 19.7 Å². The molecule has 0 saturated carbocycles. The number of ether oxygens (including phenoxy) is 3. The van der Waals surface area contributed by atoms with Gasteiger partial charge in [0.15, 0.2) is 0 Å². The van der Waals surface area contributed by atoms with Gasteiger partial charge in [-0.1, -0.05) is 42.6 Å². The molecular weight excluding hydrogens is 448 g/mol. The van der Waals surface area contributed by atoms with Gasteiger partial charge in [0.05, 0.1) is 22.6 Å². The van der Waals surface area contributed by atoms with E-state index in [-0.39, 0.29) is 23.3 Å². The summed E-state index contributed by atoms with van der Waals surface area (Å²) >= 11 is 1.50. The number of alkyl carbamates (subject to hydrolysis) is 1. The quantitative estimate of drug-likeness (QED) is 0.261. The van der Waals surface area contributed by atoms with Crippen LogP contribution in [0.25, 0.3) is 0 Å². The van der Waals surface area contributed by atoms with Crippen LogP contribution in [0.3, 0.4) is 0 Å². The number of thioether (sulfide) groups is 1. The highest BCUT2D eigenvalue weighted by Crippen LogP contribution is 2.34. The van der Waals surface area contributed by atoms with Gasteiger partial charge in [-0.15, -0.1) is 0 Å². The summed E-state index contributed by atoms with van der Waals surface area (Å²) in [6.45, 7) is 5.32. The van der Waals surface area contributed by atoms with Crippen molar-refractivity contribution in [2.24, 2.45) is 0 Å². The van der Waals surface area contributed by atoms with Crippen molar-refractivity contribution in [3.05, 3.63) is 82.9 Å². The number of benzene rings is 2. The van der Waals surface area contributed by atoms with E-state index in [1.807, 2.05) is 30.3 Å². The Morgan fingerprint density at radius 2 is 1.94 bits per heavy atom. The molecule has 0 radical (unpaired) electrons. The Bertz CT molecular complexity index is 984. The molecule has 1 saturated heterocycles. The van der Waals surface area contributed by atoms with Crippen LogP contribution in [0.15, 0.2) is 72.1 Å². The first-order chi connectivity index (χ1) is 15.9. The van der Waals surface area contributed by atoms with E-state index in [0.717, 1.165) is 4.90 Å². The number of carbonyl (C=O) groups excluding carboxylic acids is 2. The lowest BCUT2D eigenvalue weighted by atomic mass is 10.00. The minimum atomic E-state index is -0.795. The number of nitrogens with one attached hydrogen (secondary N) is 1. The van der Waals surface area contributed by atoms with Crippen LogP contribution in [0.2, 0.25) is 0 Å². The molecule has 0 bridgehead atoms. The predicted molar refractivity (Wildman–Crippen MR) is 122 cm³/mol. The van der Waals surface area contributed by atoms with Gasteiger partial charge in [-0.05, 0) is 31.2 Å². The van der Waals surface area contributed by atoms with Crippen molar-refractivity contribution in [2.45, 2.75) is 41.9 Å². The molecule has 0 unspecified atom stereocenters. The molecule has 1 aliphatic heterocycles. The molecule has 3 rings (SSSR count). The predicted octanol–water partition coefficient (Wildman–Crippen LogP) is 4.33. The van der Waals surface area contributed by atoms with Crippen molar-refractivity contribution in [1.82, 2.24) is 5.32 Å². The van der Waals surface area contributed by atoms with E-state index < -0.39 is 35.2 Å². The van der Waals surface area contributed by atoms with E-state index in [0.29, 0.717) is 6.42 Å². The smallest absolute Gasteiger partial charge is 0.407 e. The van der Waals surface area contributed by atoms with Crippen LogP contribution in [0.4, 0.5) is 10.5 Å². The first-order valence-corrected chi connectivity index (χ1v) is 11.1. The van der Waals surface area contributed by atoms with Crippen molar-refractivity contribution >= 4 is 29.5 Å². The van der Waals surface area contributed by atoms with Gasteiger partial charge in [-0.25, -0.2) is 9.59 Å². The molecule has 0 aliphatic carbocycles. The standard InChI is InChI=1S/C23H24N2O7S/c1-3-13-30-23(27)24-19-14-20(33-18-7-5-4-6-8-18)31-15(2)21(19)32-22(26)16-9-11-17(12-10-16)25(28)29/h3-12,15,19-21H,1,13-14H2,2H3,(H,24,27)/t15-,19-,20-,21+/m0/s1. The molecule has 2 aromatic carbocycles. The third-order valence-electron chi connectivity index (χ3n) is 4.88. The number of nitrogens with zero attached hydrogens (tertiary/aromatic N) is 1. The van der Waals surface area contributed by atoms with Crippen LogP contribution in [-0.2, 0) is 14.2 Å². The number of hydrogen-bond acceptors (Lipinski definition) is 8. The first-order valence-electron chi connectivity index (χ1n) is 10.2. The fourth-order valence-corrected chi connectivity index (χ4v) is 4.48. The van der Waals surface area contributed by atoms with Crippen LogP contribution >= 0.6 is 11.8 Å². The second-order valence-electron chi connectivity index (χ2n) is 7.25. The maximum Gasteiger partial charge on any atom is 0.407 e. The number of non-ortho nitro benzene ring substituents is 1. The lowest BCUT2D eigenvalue weighted by molar-refractivity contribution is -0.384. The molecule has 9 nitrogen and oxygen atoms in total. The summed E-state index contributed by atoms with van der Waals surface area (Å²) in [4.78, 5) is 36.2. The topological polar surface area (TPSA) is 117 Å². The van der Waals surface area contributed by atoms with Gasteiger partial charge in [0.1, 0.15) is 18.1 Å². The van der Waals surface area contributed by atoms with Gasteiger partial charge < -0.3 is 19.5 Å². The second kappa shape index (κ2) is 11.5. The Labute approximate surface area is 195 Å². The summed E-state index contributed by atoms with van der Waals surface area (Å²) in [5.41, 5.74) is -0.269. The normalized spacial score (nSPS) is 22.1. The summed E-state index contributed by atoms with van der Waals surface area (Å²) in [7, 11) is 0. The Balaban J connectivity index is 1.73. The molecule has 174 valence electrons. The monoisotopic (exact) mass is 472 g/mol.